The maximum atomic E-state index is 11.9. The summed E-state index contributed by atoms with van der Waals surface area (Å²) >= 11 is 5.68. The maximum absolute atomic E-state index is 11.9. The lowest BCUT2D eigenvalue weighted by molar-refractivity contribution is -0.384. The summed E-state index contributed by atoms with van der Waals surface area (Å²) in [5, 5.41) is 13.3. The number of nitro groups is 1. The zero-order valence-electron chi connectivity index (χ0n) is 13.7. The predicted octanol–water partition coefficient (Wildman–Crippen LogP) is 2.73. The van der Waals surface area contributed by atoms with Gasteiger partial charge in [0.15, 0.2) is 6.61 Å². The Morgan fingerprint density at radius 3 is 2.50 bits per heavy atom. The molecule has 2 rings (SSSR count). The number of benzene rings is 2. The topological polar surface area (TPSA) is 108 Å². The molecule has 0 aliphatic rings. The number of amides is 1. The number of esters is 1. The van der Waals surface area contributed by atoms with Crippen LogP contribution in [-0.4, -0.2) is 30.5 Å². The number of nitrogens with one attached hydrogen (secondary N) is 1. The number of carbonyl (C=O) groups excluding carboxylic acids is 2. The average molecular weight is 379 g/mol. The highest BCUT2D eigenvalue weighted by Gasteiger charge is 2.17. The van der Waals surface area contributed by atoms with E-state index >= 15 is 0 Å². The number of ether oxygens (including phenoxy) is 2. The minimum Gasteiger partial charge on any atom is -0.497 e. The summed E-state index contributed by atoms with van der Waals surface area (Å²) in [6, 6.07) is 10.6. The van der Waals surface area contributed by atoms with Crippen LogP contribution < -0.4 is 10.1 Å². The molecule has 1 amide bonds. The molecule has 0 spiro atoms. The van der Waals surface area contributed by atoms with Crippen LogP contribution in [0.25, 0.3) is 0 Å². The molecule has 0 saturated carbocycles. The zero-order valence-corrected chi connectivity index (χ0v) is 14.5. The number of rotatable bonds is 7. The molecule has 1 N–H and O–H groups in total. The molecule has 0 aliphatic carbocycles. The fourth-order valence-electron chi connectivity index (χ4n) is 1.99. The van der Waals surface area contributed by atoms with Crippen LogP contribution in [-0.2, 0) is 16.1 Å². The van der Waals surface area contributed by atoms with Crippen molar-refractivity contribution in [1.29, 1.82) is 0 Å². The van der Waals surface area contributed by atoms with Gasteiger partial charge in [-0.25, -0.2) is 4.79 Å². The SMILES string of the molecule is COc1ccc(CNC(=O)COC(=O)c2ccc(Cl)c([N+](=O)[O-])c2)cc1. The van der Waals surface area contributed by atoms with E-state index in [4.69, 9.17) is 21.1 Å². The zero-order chi connectivity index (χ0) is 19.1. The molecule has 136 valence electrons. The molecule has 0 aliphatic heterocycles. The van der Waals surface area contributed by atoms with E-state index in [0.717, 1.165) is 11.6 Å². The van der Waals surface area contributed by atoms with E-state index in [0.29, 0.717) is 5.75 Å². The van der Waals surface area contributed by atoms with Crippen molar-refractivity contribution >= 4 is 29.2 Å². The van der Waals surface area contributed by atoms with E-state index in [2.05, 4.69) is 5.32 Å². The highest BCUT2D eigenvalue weighted by Crippen LogP contribution is 2.25. The van der Waals surface area contributed by atoms with Crippen LogP contribution in [0.2, 0.25) is 5.02 Å². The molecular weight excluding hydrogens is 364 g/mol. The Kier molecular flexibility index (Phi) is 6.51. The summed E-state index contributed by atoms with van der Waals surface area (Å²) in [7, 11) is 1.56. The normalized spacial score (nSPS) is 10.1. The smallest absolute Gasteiger partial charge is 0.338 e. The third-order valence-electron chi connectivity index (χ3n) is 3.36. The van der Waals surface area contributed by atoms with Crippen molar-refractivity contribution in [1.82, 2.24) is 5.32 Å². The standard InChI is InChI=1S/C17H15ClN2O6/c1-25-13-5-2-11(3-6-13)9-19-16(21)10-26-17(22)12-4-7-14(18)15(8-12)20(23)24/h2-8H,9-10H2,1H3,(H,19,21). The third-order valence-corrected chi connectivity index (χ3v) is 3.68. The van der Waals surface area contributed by atoms with E-state index < -0.39 is 29.1 Å². The van der Waals surface area contributed by atoms with Crippen molar-refractivity contribution < 1.29 is 24.0 Å². The highest BCUT2D eigenvalue weighted by molar-refractivity contribution is 6.32. The van der Waals surface area contributed by atoms with Crippen LogP contribution in [0.15, 0.2) is 42.5 Å². The van der Waals surface area contributed by atoms with Crippen LogP contribution >= 0.6 is 11.6 Å². The van der Waals surface area contributed by atoms with Gasteiger partial charge in [0, 0.05) is 12.6 Å². The van der Waals surface area contributed by atoms with Gasteiger partial charge in [0.05, 0.1) is 17.6 Å². The number of nitrogens with zero attached hydrogens (tertiary/aromatic N) is 1. The van der Waals surface area contributed by atoms with E-state index in [9.17, 15) is 19.7 Å². The summed E-state index contributed by atoms with van der Waals surface area (Å²) in [5.41, 5.74) is 0.368. The Morgan fingerprint density at radius 1 is 1.19 bits per heavy atom. The lowest BCUT2D eigenvalue weighted by Gasteiger charge is -2.07. The second kappa shape index (κ2) is 8.82. The second-order valence-corrected chi connectivity index (χ2v) is 5.53. The summed E-state index contributed by atoms with van der Waals surface area (Å²) in [6.45, 7) is -0.252. The van der Waals surface area contributed by atoms with Crippen LogP contribution in [0.1, 0.15) is 15.9 Å². The third kappa shape index (κ3) is 5.18. The molecule has 0 radical (unpaired) electrons. The van der Waals surface area contributed by atoms with E-state index in [1.54, 1.807) is 31.4 Å². The summed E-state index contributed by atoms with van der Waals surface area (Å²) < 4.78 is 9.89. The lowest BCUT2D eigenvalue weighted by Crippen LogP contribution is -2.28. The Balaban J connectivity index is 1.85. The number of methoxy groups -OCH3 is 1. The first kappa shape index (κ1) is 19.2. The highest BCUT2D eigenvalue weighted by atomic mass is 35.5. The van der Waals surface area contributed by atoms with Crippen molar-refractivity contribution in [2.45, 2.75) is 6.54 Å². The van der Waals surface area contributed by atoms with Crippen LogP contribution in [0.4, 0.5) is 5.69 Å². The second-order valence-electron chi connectivity index (χ2n) is 5.12. The van der Waals surface area contributed by atoms with Gasteiger partial charge in [0.1, 0.15) is 10.8 Å². The monoisotopic (exact) mass is 378 g/mol. The van der Waals surface area contributed by atoms with Gasteiger partial charge in [-0.3, -0.25) is 14.9 Å². The molecule has 0 bridgehead atoms. The van der Waals surface area contributed by atoms with Crippen LogP contribution in [0, 0.1) is 10.1 Å². The molecule has 2 aromatic carbocycles. The van der Waals surface area contributed by atoms with Gasteiger partial charge in [-0.1, -0.05) is 23.7 Å². The summed E-state index contributed by atoms with van der Waals surface area (Å²) in [5.74, 6) is -0.659. The van der Waals surface area contributed by atoms with Crippen molar-refractivity contribution in [3.8, 4) is 5.75 Å². The van der Waals surface area contributed by atoms with Crippen molar-refractivity contribution in [3.05, 3.63) is 68.7 Å². The van der Waals surface area contributed by atoms with Gasteiger partial charge in [-0.15, -0.1) is 0 Å². The molecule has 0 heterocycles. The minimum atomic E-state index is -0.857. The number of hydrogen-bond donors (Lipinski definition) is 1. The van der Waals surface area contributed by atoms with Gasteiger partial charge in [0.25, 0.3) is 11.6 Å². The molecule has 0 fully saturated rings. The van der Waals surface area contributed by atoms with Crippen molar-refractivity contribution in [2.24, 2.45) is 0 Å². The average Bonchev–Trinajstić information content (AvgIpc) is 2.64. The van der Waals surface area contributed by atoms with Crippen molar-refractivity contribution in [2.75, 3.05) is 13.7 Å². The fraction of sp³-hybridized carbons (Fsp3) is 0.176. The molecule has 8 nitrogen and oxygen atoms in total. The quantitative estimate of drug-likeness (QED) is 0.451. The van der Waals surface area contributed by atoms with E-state index in [-0.39, 0.29) is 17.1 Å². The Hall–Kier alpha value is -3.13. The molecule has 9 heteroatoms. The molecule has 26 heavy (non-hydrogen) atoms. The molecule has 2 aromatic rings. The number of halogens is 1. The van der Waals surface area contributed by atoms with Gasteiger partial charge in [0.2, 0.25) is 0 Å². The van der Waals surface area contributed by atoms with Gasteiger partial charge < -0.3 is 14.8 Å². The molecule has 0 unspecified atom stereocenters. The Bertz CT molecular complexity index is 823. The lowest BCUT2D eigenvalue weighted by atomic mass is 10.2. The van der Waals surface area contributed by atoms with Crippen LogP contribution in [0.5, 0.6) is 5.75 Å². The first-order valence-corrected chi connectivity index (χ1v) is 7.79. The number of nitro benzene ring substituents is 1. The summed E-state index contributed by atoms with van der Waals surface area (Å²) in [6.07, 6.45) is 0. The summed E-state index contributed by atoms with van der Waals surface area (Å²) in [4.78, 5) is 33.8. The number of carbonyl (C=O) groups is 2. The van der Waals surface area contributed by atoms with E-state index in [1.807, 2.05) is 0 Å². The Labute approximate surface area is 153 Å². The van der Waals surface area contributed by atoms with Crippen LogP contribution in [0.3, 0.4) is 0 Å². The molecule has 0 aromatic heterocycles. The first-order valence-electron chi connectivity index (χ1n) is 7.41. The Morgan fingerprint density at radius 2 is 1.88 bits per heavy atom. The minimum absolute atomic E-state index is 0.0657. The molecule has 0 saturated heterocycles. The largest absolute Gasteiger partial charge is 0.497 e. The fourth-order valence-corrected chi connectivity index (χ4v) is 2.18. The molecule has 0 atom stereocenters. The van der Waals surface area contributed by atoms with Gasteiger partial charge >= 0.3 is 5.97 Å². The van der Waals surface area contributed by atoms with Gasteiger partial charge in [-0.05, 0) is 29.8 Å². The van der Waals surface area contributed by atoms with Crippen molar-refractivity contribution in [3.63, 3.8) is 0 Å². The van der Waals surface area contributed by atoms with Gasteiger partial charge in [-0.2, -0.15) is 0 Å². The maximum Gasteiger partial charge on any atom is 0.338 e. The van der Waals surface area contributed by atoms with E-state index in [1.165, 1.54) is 12.1 Å². The predicted molar refractivity (Wildman–Crippen MR) is 93.2 cm³/mol. The molecular formula is C17H15ClN2O6. The first-order chi connectivity index (χ1) is 12.4. The number of hydrogen-bond acceptors (Lipinski definition) is 6.